The van der Waals surface area contributed by atoms with E-state index in [1.54, 1.807) is 6.26 Å². The van der Waals surface area contributed by atoms with Crippen molar-refractivity contribution in [3.8, 4) is 0 Å². The Labute approximate surface area is 197 Å². The third kappa shape index (κ3) is 4.64. The standard InChI is InChI=1S/C28H36N2O3/c1-20(2)18-23-24(27(23,3)4)25(31)30(19-22-14-11-17-33-22)28(15-9-6-10-16-28)26(32)29-21-12-7-5-8-13-21/h5,7-8,11-14,17-18,23-24H,6,9-10,15-16,19H2,1-4H3,(H,29,32). The quantitative estimate of drug-likeness (QED) is 0.514. The zero-order valence-corrected chi connectivity index (χ0v) is 20.3. The Hall–Kier alpha value is -2.82. The Bertz CT molecular complexity index is 997. The summed E-state index contributed by atoms with van der Waals surface area (Å²) in [5, 5.41) is 3.12. The van der Waals surface area contributed by atoms with Crippen LogP contribution in [0.1, 0.15) is 65.6 Å². The van der Waals surface area contributed by atoms with E-state index in [1.807, 2.05) is 47.4 Å². The number of amides is 2. The van der Waals surface area contributed by atoms with Crippen LogP contribution in [0.15, 0.2) is 64.8 Å². The predicted molar refractivity (Wildman–Crippen MR) is 130 cm³/mol. The van der Waals surface area contributed by atoms with Gasteiger partial charge in [-0.05, 0) is 62.3 Å². The summed E-state index contributed by atoms with van der Waals surface area (Å²) in [7, 11) is 0. The van der Waals surface area contributed by atoms with E-state index >= 15 is 0 Å². The lowest BCUT2D eigenvalue weighted by molar-refractivity contribution is -0.151. The molecule has 1 N–H and O–H groups in total. The molecule has 2 unspecified atom stereocenters. The molecule has 2 fully saturated rings. The van der Waals surface area contributed by atoms with E-state index in [2.05, 4.69) is 39.1 Å². The summed E-state index contributed by atoms with van der Waals surface area (Å²) < 4.78 is 5.65. The van der Waals surface area contributed by atoms with Gasteiger partial charge in [-0.1, -0.05) is 63.0 Å². The van der Waals surface area contributed by atoms with Gasteiger partial charge in [0.1, 0.15) is 11.3 Å². The number of para-hydroxylation sites is 1. The van der Waals surface area contributed by atoms with Crippen LogP contribution in [-0.4, -0.2) is 22.3 Å². The number of hydrogen-bond acceptors (Lipinski definition) is 3. The van der Waals surface area contributed by atoms with Gasteiger partial charge in [0.25, 0.3) is 0 Å². The van der Waals surface area contributed by atoms with Gasteiger partial charge in [0, 0.05) is 5.69 Å². The summed E-state index contributed by atoms with van der Waals surface area (Å²) in [4.78, 5) is 29.9. The minimum Gasteiger partial charge on any atom is -0.467 e. The van der Waals surface area contributed by atoms with Crippen molar-refractivity contribution >= 4 is 17.5 Å². The molecule has 5 heteroatoms. The summed E-state index contributed by atoms with van der Waals surface area (Å²) in [6.45, 7) is 8.77. The number of nitrogens with one attached hydrogen (secondary N) is 1. The molecule has 2 saturated carbocycles. The molecule has 5 nitrogen and oxygen atoms in total. The first-order valence-corrected chi connectivity index (χ1v) is 12.1. The average Bonchev–Trinajstić information content (AvgIpc) is 3.11. The van der Waals surface area contributed by atoms with Gasteiger partial charge in [-0.15, -0.1) is 0 Å². The summed E-state index contributed by atoms with van der Waals surface area (Å²) in [6, 6.07) is 13.2. The molecule has 1 aromatic carbocycles. The largest absolute Gasteiger partial charge is 0.467 e. The smallest absolute Gasteiger partial charge is 0.250 e. The fourth-order valence-corrected chi connectivity index (χ4v) is 5.51. The van der Waals surface area contributed by atoms with Crippen molar-refractivity contribution in [1.29, 1.82) is 0 Å². The lowest BCUT2D eigenvalue weighted by Crippen LogP contribution is -2.60. The van der Waals surface area contributed by atoms with E-state index in [-0.39, 0.29) is 29.1 Å². The topological polar surface area (TPSA) is 62.6 Å². The number of allylic oxidation sites excluding steroid dienone is 2. The van der Waals surface area contributed by atoms with Crippen molar-refractivity contribution in [1.82, 2.24) is 4.90 Å². The Balaban J connectivity index is 1.71. The van der Waals surface area contributed by atoms with Crippen LogP contribution in [0.5, 0.6) is 0 Å². The van der Waals surface area contributed by atoms with Crippen LogP contribution >= 0.6 is 0 Å². The summed E-state index contributed by atoms with van der Waals surface area (Å²) >= 11 is 0. The summed E-state index contributed by atoms with van der Waals surface area (Å²) in [5.74, 6) is 0.727. The maximum Gasteiger partial charge on any atom is 0.250 e. The third-order valence-electron chi connectivity index (χ3n) is 7.50. The van der Waals surface area contributed by atoms with Crippen molar-refractivity contribution in [3.63, 3.8) is 0 Å². The molecule has 1 aromatic heterocycles. The number of nitrogens with zero attached hydrogens (tertiary/aromatic N) is 1. The molecule has 0 spiro atoms. The van der Waals surface area contributed by atoms with Gasteiger partial charge in [0.15, 0.2) is 0 Å². The molecule has 2 amide bonds. The van der Waals surface area contributed by atoms with Gasteiger partial charge in [0.2, 0.25) is 11.8 Å². The fourth-order valence-electron chi connectivity index (χ4n) is 5.51. The van der Waals surface area contributed by atoms with Crippen LogP contribution in [0.25, 0.3) is 0 Å². The van der Waals surface area contributed by atoms with Crippen LogP contribution in [0.3, 0.4) is 0 Å². The molecular formula is C28H36N2O3. The number of hydrogen-bond donors (Lipinski definition) is 1. The number of furan rings is 1. The number of benzene rings is 1. The van der Waals surface area contributed by atoms with Gasteiger partial charge in [-0.3, -0.25) is 9.59 Å². The van der Waals surface area contributed by atoms with Crippen molar-refractivity contribution in [2.24, 2.45) is 17.3 Å². The molecule has 0 bridgehead atoms. The molecule has 2 aliphatic rings. The lowest BCUT2D eigenvalue weighted by atomic mass is 9.78. The number of anilines is 1. The molecule has 33 heavy (non-hydrogen) atoms. The molecule has 2 atom stereocenters. The van der Waals surface area contributed by atoms with Crippen molar-refractivity contribution in [2.45, 2.75) is 71.9 Å². The highest BCUT2D eigenvalue weighted by Gasteiger charge is 2.63. The monoisotopic (exact) mass is 448 g/mol. The van der Waals surface area contributed by atoms with Crippen LogP contribution in [0.4, 0.5) is 5.69 Å². The number of carbonyl (C=O) groups excluding carboxylic acids is 2. The summed E-state index contributed by atoms with van der Waals surface area (Å²) in [6.07, 6.45) is 8.11. The van der Waals surface area contributed by atoms with E-state index in [1.165, 1.54) is 5.57 Å². The van der Waals surface area contributed by atoms with Crippen LogP contribution in [-0.2, 0) is 16.1 Å². The molecule has 4 rings (SSSR count). The molecule has 176 valence electrons. The van der Waals surface area contributed by atoms with Gasteiger partial charge in [0.05, 0.1) is 18.7 Å². The van der Waals surface area contributed by atoms with Gasteiger partial charge < -0.3 is 14.6 Å². The third-order valence-corrected chi connectivity index (χ3v) is 7.50. The lowest BCUT2D eigenvalue weighted by Gasteiger charge is -2.45. The highest BCUT2D eigenvalue weighted by molar-refractivity contribution is 6.01. The highest BCUT2D eigenvalue weighted by atomic mass is 16.3. The molecule has 0 saturated heterocycles. The molecule has 0 aliphatic heterocycles. The molecule has 2 aliphatic carbocycles. The molecular weight excluding hydrogens is 412 g/mol. The van der Waals surface area contributed by atoms with Gasteiger partial charge in [-0.2, -0.15) is 0 Å². The second kappa shape index (κ2) is 9.20. The van der Waals surface area contributed by atoms with E-state index in [0.29, 0.717) is 25.1 Å². The first-order chi connectivity index (χ1) is 15.8. The van der Waals surface area contributed by atoms with E-state index in [4.69, 9.17) is 4.42 Å². The minimum atomic E-state index is -0.883. The van der Waals surface area contributed by atoms with E-state index in [0.717, 1.165) is 24.9 Å². The Morgan fingerprint density at radius 3 is 2.36 bits per heavy atom. The van der Waals surface area contributed by atoms with Gasteiger partial charge >= 0.3 is 0 Å². The molecule has 1 heterocycles. The minimum absolute atomic E-state index is 0.0593. The maximum absolute atomic E-state index is 14.2. The zero-order chi connectivity index (χ0) is 23.6. The normalized spacial score (nSPS) is 22.8. The molecule has 2 aromatic rings. The number of carbonyl (C=O) groups is 2. The van der Waals surface area contributed by atoms with Gasteiger partial charge in [-0.25, -0.2) is 0 Å². The average molecular weight is 449 g/mol. The van der Waals surface area contributed by atoms with E-state index < -0.39 is 5.54 Å². The first kappa shape index (κ1) is 23.3. The maximum atomic E-state index is 14.2. The number of rotatable bonds is 7. The van der Waals surface area contributed by atoms with E-state index in [9.17, 15) is 9.59 Å². The molecule has 0 radical (unpaired) electrons. The zero-order valence-electron chi connectivity index (χ0n) is 20.3. The Morgan fingerprint density at radius 2 is 1.76 bits per heavy atom. The van der Waals surface area contributed by atoms with Crippen molar-refractivity contribution in [3.05, 3.63) is 66.1 Å². The SMILES string of the molecule is CC(C)=CC1C(C(=O)N(Cc2ccco2)C2(C(=O)Nc3ccccc3)CCCCC2)C1(C)C. The second-order valence-corrected chi connectivity index (χ2v) is 10.5. The fraction of sp³-hybridized carbons (Fsp3) is 0.500. The Morgan fingerprint density at radius 1 is 1.06 bits per heavy atom. The Kier molecular flexibility index (Phi) is 6.51. The first-order valence-electron chi connectivity index (χ1n) is 12.1. The van der Waals surface area contributed by atoms with Crippen LogP contribution in [0.2, 0.25) is 0 Å². The van der Waals surface area contributed by atoms with Crippen molar-refractivity contribution < 1.29 is 14.0 Å². The van der Waals surface area contributed by atoms with Crippen LogP contribution < -0.4 is 5.32 Å². The highest BCUT2D eigenvalue weighted by Crippen LogP contribution is 2.60. The van der Waals surface area contributed by atoms with Crippen molar-refractivity contribution in [2.75, 3.05) is 5.32 Å². The second-order valence-electron chi connectivity index (χ2n) is 10.5. The van der Waals surface area contributed by atoms with Crippen LogP contribution in [0, 0.1) is 17.3 Å². The summed E-state index contributed by atoms with van der Waals surface area (Å²) in [5.41, 5.74) is 0.968. The predicted octanol–water partition coefficient (Wildman–Crippen LogP) is 6.19.